The van der Waals surface area contributed by atoms with Gasteiger partial charge in [-0.1, -0.05) is 12.1 Å². The van der Waals surface area contributed by atoms with Gasteiger partial charge in [-0.3, -0.25) is 4.79 Å². The Labute approximate surface area is 124 Å². The van der Waals surface area contributed by atoms with Crippen molar-refractivity contribution >= 4 is 22.9 Å². The fourth-order valence-electron chi connectivity index (χ4n) is 2.11. The molecule has 0 aliphatic carbocycles. The zero-order valence-electron chi connectivity index (χ0n) is 12.1. The summed E-state index contributed by atoms with van der Waals surface area (Å²) in [5, 5.41) is 5.23. The number of thiophene rings is 1. The van der Waals surface area contributed by atoms with Crippen molar-refractivity contribution in [2.24, 2.45) is 0 Å². The lowest BCUT2D eigenvalue weighted by molar-refractivity contribution is -0.128. The summed E-state index contributed by atoms with van der Waals surface area (Å²) in [7, 11) is 1.84. The number of nitrogens with zero attached hydrogens (tertiary/aromatic N) is 1. The summed E-state index contributed by atoms with van der Waals surface area (Å²) in [6.45, 7) is 5.11. The van der Waals surface area contributed by atoms with Crippen LogP contribution in [0.4, 0.5) is 5.69 Å². The number of hydrogen-bond donors (Lipinski definition) is 1. The minimum atomic E-state index is 0.0950. The molecule has 0 fully saturated rings. The Morgan fingerprint density at radius 1 is 1.25 bits per heavy atom. The monoisotopic (exact) mass is 288 g/mol. The summed E-state index contributed by atoms with van der Waals surface area (Å²) < 4.78 is 0. The van der Waals surface area contributed by atoms with Crippen LogP contribution in [-0.4, -0.2) is 24.4 Å². The van der Waals surface area contributed by atoms with Crippen LogP contribution in [-0.2, 0) is 11.3 Å². The summed E-state index contributed by atoms with van der Waals surface area (Å²) in [5.41, 5.74) is 3.40. The maximum Gasteiger partial charge on any atom is 0.241 e. The zero-order valence-corrected chi connectivity index (χ0v) is 13.0. The molecule has 4 heteroatoms. The minimum Gasteiger partial charge on any atom is -0.376 e. The van der Waals surface area contributed by atoms with Gasteiger partial charge in [-0.05, 0) is 48.6 Å². The molecule has 1 heterocycles. The molecule has 1 aromatic heterocycles. The van der Waals surface area contributed by atoms with E-state index in [0.717, 1.165) is 5.69 Å². The molecule has 0 radical (unpaired) electrons. The number of anilines is 1. The Balaban J connectivity index is 1.88. The van der Waals surface area contributed by atoms with Crippen LogP contribution in [0.25, 0.3) is 0 Å². The molecule has 2 aromatic rings. The molecular formula is C16H20N2OS. The van der Waals surface area contributed by atoms with Crippen LogP contribution in [0.1, 0.15) is 16.0 Å². The van der Waals surface area contributed by atoms with Gasteiger partial charge in [-0.2, -0.15) is 0 Å². The third-order valence-corrected chi connectivity index (χ3v) is 3.93. The second-order valence-corrected chi connectivity index (χ2v) is 6.09. The van der Waals surface area contributed by atoms with Crippen LogP contribution in [0.5, 0.6) is 0 Å². The molecule has 106 valence electrons. The fourth-order valence-corrected chi connectivity index (χ4v) is 2.87. The lowest BCUT2D eigenvalue weighted by atomic mass is 10.1. The number of benzene rings is 1. The number of likely N-dealkylation sites (N-methyl/N-ethyl adjacent to an activating group) is 1. The van der Waals surface area contributed by atoms with E-state index in [1.807, 2.05) is 24.6 Å². The van der Waals surface area contributed by atoms with Gasteiger partial charge >= 0.3 is 0 Å². The molecule has 20 heavy (non-hydrogen) atoms. The number of aryl methyl sites for hydroxylation is 2. The number of rotatable bonds is 5. The highest BCUT2D eigenvalue weighted by Gasteiger charge is 2.09. The van der Waals surface area contributed by atoms with Crippen molar-refractivity contribution in [1.29, 1.82) is 0 Å². The predicted octanol–water partition coefficient (Wildman–Crippen LogP) is 3.44. The van der Waals surface area contributed by atoms with E-state index in [1.165, 1.54) is 16.0 Å². The van der Waals surface area contributed by atoms with Crippen LogP contribution in [0, 0.1) is 13.8 Å². The van der Waals surface area contributed by atoms with E-state index in [4.69, 9.17) is 0 Å². The molecule has 0 aliphatic rings. The summed E-state index contributed by atoms with van der Waals surface area (Å²) in [6, 6.07) is 10.3. The molecule has 1 aromatic carbocycles. The van der Waals surface area contributed by atoms with Gasteiger partial charge < -0.3 is 10.2 Å². The van der Waals surface area contributed by atoms with Crippen LogP contribution in [0.3, 0.4) is 0 Å². The number of nitrogens with one attached hydrogen (secondary N) is 1. The first kappa shape index (κ1) is 14.6. The Morgan fingerprint density at radius 3 is 2.55 bits per heavy atom. The maximum absolute atomic E-state index is 12.1. The first-order valence-electron chi connectivity index (χ1n) is 6.63. The molecule has 1 N–H and O–H groups in total. The smallest absolute Gasteiger partial charge is 0.241 e. The first-order chi connectivity index (χ1) is 9.54. The summed E-state index contributed by atoms with van der Waals surface area (Å²) >= 11 is 1.67. The minimum absolute atomic E-state index is 0.0950. The lowest BCUT2D eigenvalue weighted by Gasteiger charge is -2.17. The molecule has 0 aliphatic heterocycles. The third kappa shape index (κ3) is 4.10. The molecule has 0 bridgehead atoms. The number of hydrogen-bond acceptors (Lipinski definition) is 3. The SMILES string of the molecule is Cc1cc(C)cc(NCC(=O)N(C)Cc2cccs2)c1. The highest BCUT2D eigenvalue weighted by atomic mass is 32.1. The van der Waals surface area contributed by atoms with Crippen LogP contribution >= 0.6 is 11.3 Å². The third-order valence-electron chi connectivity index (χ3n) is 3.06. The van der Waals surface area contributed by atoms with Gasteiger partial charge in [0.1, 0.15) is 0 Å². The van der Waals surface area contributed by atoms with Crippen molar-refractivity contribution in [3.05, 3.63) is 51.7 Å². The molecule has 1 amide bonds. The first-order valence-corrected chi connectivity index (χ1v) is 7.51. The van der Waals surface area contributed by atoms with Crippen molar-refractivity contribution in [1.82, 2.24) is 4.90 Å². The summed E-state index contributed by atoms with van der Waals surface area (Å²) in [5.74, 6) is 0.0950. The van der Waals surface area contributed by atoms with E-state index in [9.17, 15) is 4.79 Å². The Morgan fingerprint density at radius 2 is 1.95 bits per heavy atom. The van der Waals surface area contributed by atoms with E-state index >= 15 is 0 Å². The highest BCUT2D eigenvalue weighted by Crippen LogP contribution is 2.14. The van der Waals surface area contributed by atoms with Gasteiger partial charge in [-0.25, -0.2) is 0 Å². The quantitative estimate of drug-likeness (QED) is 0.914. The zero-order chi connectivity index (χ0) is 14.5. The largest absolute Gasteiger partial charge is 0.376 e. The van der Waals surface area contributed by atoms with Gasteiger partial charge in [0.25, 0.3) is 0 Å². The Hall–Kier alpha value is -1.81. The maximum atomic E-state index is 12.1. The topological polar surface area (TPSA) is 32.3 Å². The van der Waals surface area contributed by atoms with E-state index in [-0.39, 0.29) is 5.91 Å². The molecule has 0 saturated carbocycles. The highest BCUT2D eigenvalue weighted by molar-refractivity contribution is 7.09. The van der Waals surface area contributed by atoms with Gasteiger partial charge in [0.15, 0.2) is 0 Å². The molecule has 0 saturated heterocycles. The number of amides is 1. The Kier molecular flexibility index (Phi) is 4.79. The van der Waals surface area contributed by atoms with Crippen molar-refractivity contribution in [3.63, 3.8) is 0 Å². The molecule has 3 nitrogen and oxygen atoms in total. The van der Waals surface area contributed by atoms with Gasteiger partial charge in [0, 0.05) is 17.6 Å². The predicted molar refractivity (Wildman–Crippen MR) is 85.2 cm³/mol. The van der Waals surface area contributed by atoms with E-state index in [1.54, 1.807) is 16.2 Å². The van der Waals surface area contributed by atoms with Crippen LogP contribution in [0.15, 0.2) is 35.7 Å². The van der Waals surface area contributed by atoms with Crippen molar-refractivity contribution in [3.8, 4) is 0 Å². The van der Waals surface area contributed by atoms with E-state index in [2.05, 4.69) is 37.4 Å². The summed E-state index contributed by atoms with van der Waals surface area (Å²) in [4.78, 5) is 15.0. The van der Waals surface area contributed by atoms with E-state index in [0.29, 0.717) is 13.1 Å². The molecular weight excluding hydrogens is 268 g/mol. The summed E-state index contributed by atoms with van der Waals surface area (Å²) in [6.07, 6.45) is 0. The molecule has 0 atom stereocenters. The Bertz CT molecular complexity index is 558. The van der Waals surface area contributed by atoms with Crippen LogP contribution < -0.4 is 5.32 Å². The second kappa shape index (κ2) is 6.57. The average molecular weight is 288 g/mol. The fraction of sp³-hybridized carbons (Fsp3) is 0.312. The van der Waals surface area contributed by atoms with Crippen molar-refractivity contribution in [2.45, 2.75) is 20.4 Å². The van der Waals surface area contributed by atoms with Crippen LogP contribution in [0.2, 0.25) is 0 Å². The standard InChI is InChI=1S/C16H20N2OS/c1-12-7-13(2)9-14(8-12)17-10-16(19)18(3)11-15-5-4-6-20-15/h4-9,17H,10-11H2,1-3H3. The van der Waals surface area contributed by atoms with E-state index < -0.39 is 0 Å². The van der Waals surface area contributed by atoms with Crippen molar-refractivity contribution in [2.75, 3.05) is 18.9 Å². The van der Waals surface area contributed by atoms with Crippen molar-refractivity contribution < 1.29 is 4.79 Å². The molecule has 0 unspecified atom stereocenters. The number of carbonyl (C=O) groups is 1. The normalized spacial score (nSPS) is 10.3. The molecule has 2 rings (SSSR count). The lowest BCUT2D eigenvalue weighted by Crippen LogP contribution is -2.31. The average Bonchev–Trinajstić information content (AvgIpc) is 2.87. The number of carbonyl (C=O) groups excluding carboxylic acids is 1. The van der Waals surface area contributed by atoms with Gasteiger partial charge in [0.05, 0.1) is 13.1 Å². The second-order valence-electron chi connectivity index (χ2n) is 5.06. The van der Waals surface area contributed by atoms with Gasteiger partial charge in [-0.15, -0.1) is 11.3 Å². The molecule has 0 spiro atoms. The van der Waals surface area contributed by atoms with Gasteiger partial charge in [0.2, 0.25) is 5.91 Å².